The van der Waals surface area contributed by atoms with E-state index in [1.807, 2.05) is 32.0 Å². The number of para-hydroxylation sites is 1. The minimum absolute atomic E-state index is 0.109. The van der Waals surface area contributed by atoms with Crippen LogP contribution in [0.15, 0.2) is 36.4 Å². The van der Waals surface area contributed by atoms with E-state index in [0.29, 0.717) is 16.9 Å². The molecule has 5 nitrogen and oxygen atoms in total. The second-order valence-corrected chi connectivity index (χ2v) is 5.37. The summed E-state index contributed by atoms with van der Waals surface area (Å²) in [6.45, 7) is 5.62. The molecule has 23 heavy (non-hydrogen) atoms. The highest BCUT2D eigenvalue weighted by Crippen LogP contribution is 2.22. The Morgan fingerprint density at radius 1 is 1.00 bits per heavy atom. The molecule has 0 bridgehead atoms. The molecule has 2 amide bonds. The fourth-order valence-corrected chi connectivity index (χ4v) is 2.34. The molecule has 0 saturated carbocycles. The average molecular weight is 312 g/mol. The molecule has 2 aromatic rings. The third kappa shape index (κ3) is 3.88. The minimum atomic E-state index is -0.746. The Morgan fingerprint density at radius 3 is 2.35 bits per heavy atom. The molecule has 0 radical (unpaired) electrons. The lowest BCUT2D eigenvalue weighted by Gasteiger charge is -2.13. The molecule has 0 aliphatic heterocycles. The van der Waals surface area contributed by atoms with Crippen LogP contribution in [0.2, 0.25) is 0 Å². The molecule has 0 heterocycles. The van der Waals surface area contributed by atoms with Crippen molar-refractivity contribution in [1.82, 2.24) is 0 Å². The first-order chi connectivity index (χ1) is 10.9. The second kappa shape index (κ2) is 6.96. The van der Waals surface area contributed by atoms with Gasteiger partial charge in [-0.25, -0.2) is 0 Å². The van der Waals surface area contributed by atoms with Crippen molar-refractivity contribution in [1.29, 1.82) is 0 Å². The number of hydrogen-bond acceptors (Lipinski definition) is 3. The first-order valence-corrected chi connectivity index (χ1v) is 7.42. The number of hydrogen-bond donors (Lipinski definition) is 3. The van der Waals surface area contributed by atoms with E-state index in [9.17, 15) is 14.7 Å². The van der Waals surface area contributed by atoms with Crippen molar-refractivity contribution in [3.63, 3.8) is 0 Å². The molecule has 0 atom stereocenters. The summed E-state index contributed by atoms with van der Waals surface area (Å²) < 4.78 is 0. The Kier molecular flexibility index (Phi) is 5.01. The van der Waals surface area contributed by atoms with Crippen LogP contribution in [0.4, 0.5) is 11.4 Å². The van der Waals surface area contributed by atoms with E-state index in [1.54, 1.807) is 13.0 Å². The van der Waals surface area contributed by atoms with Crippen LogP contribution in [-0.2, 0) is 16.0 Å². The molecule has 0 aliphatic rings. The van der Waals surface area contributed by atoms with Gasteiger partial charge in [-0.2, -0.15) is 0 Å². The molecule has 0 saturated heterocycles. The SMILES string of the molecule is CCc1cccc(C)c1NC(=O)C(=O)Nc1ccc(O)cc1C. The molecular formula is C18H20N2O3. The number of amides is 2. The van der Waals surface area contributed by atoms with E-state index in [1.165, 1.54) is 12.1 Å². The Morgan fingerprint density at radius 2 is 1.70 bits per heavy atom. The number of carbonyl (C=O) groups excluding carboxylic acids is 2. The van der Waals surface area contributed by atoms with Gasteiger partial charge in [0.15, 0.2) is 0 Å². The van der Waals surface area contributed by atoms with Gasteiger partial charge >= 0.3 is 11.8 Å². The van der Waals surface area contributed by atoms with Crippen molar-refractivity contribution in [2.24, 2.45) is 0 Å². The molecule has 2 rings (SSSR count). The quantitative estimate of drug-likeness (QED) is 0.602. The van der Waals surface area contributed by atoms with E-state index in [-0.39, 0.29) is 5.75 Å². The largest absolute Gasteiger partial charge is 0.508 e. The van der Waals surface area contributed by atoms with Crippen molar-refractivity contribution in [2.75, 3.05) is 10.6 Å². The molecule has 5 heteroatoms. The van der Waals surface area contributed by atoms with Crippen LogP contribution in [0, 0.1) is 13.8 Å². The second-order valence-electron chi connectivity index (χ2n) is 5.37. The van der Waals surface area contributed by atoms with Crippen LogP contribution in [0.5, 0.6) is 5.75 Å². The number of phenolic OH excluding ortho intramolecular Hbond substituents is 1. The average Bonchev–Trinajstić information content (AvgIpc) is 2.51. The topological polar surface area (TPSA) is 78.4 Å². The first-order valence-electron chi connectivity index (χ1n) is 7.42. The lowest BCUT2D eigenvalue weighted by molar-refractivity contribution is -0.133. The zero-order valence-electron chi connectivity index (χ0n) is 13.4. The number of benzene rings is 2. The van der Waals surface area contributed by atoms with Crippen molar-refractivity contribution in [3.05, 3.63) is 53.1 Å². The molecule has 0 spiro atoms. The van der Waals surface area contributed by atoms with Gasteiger partial charge < -0.3 is 15.7 Å². The van der Waals surface area contributed by atoms with Gasteiger partial charge in [0.2, 0.25) is 0 Å². The molecule has 120 valence electrons. The summed E-state index contributed by atoms with van der Waals surface area (Å²) >= 11 is 0. The van der Waals surface area contributed by atoms with E-state index in [0.717, 1.165) is 17.5 Å². The molecule has 0 aliphatic carbocycles. The van der Waals surface area contributed by atoms with Gasteiger partial charge in [0.25, 0.3) is 0 Å². The number of aromatic hydroxyl groups is 1. The lowest BCUT2D eigenvalue weighted by Crippen LogP contribution is -2.30. The van der Waals surface area contributed by atoms with E-state index >= 15 is 0 Å². The van der Waals surface area contributed by atoms with Crippen molar-refractivity contribution in [2.45, 2.75) is 27.2 Å². The fourth-order valence-electron chi connectivity index (χ4n) is 2.34. The Balaban J connectivity index is 2.13. The molecule has 0 aromatic heterocycles. The number of carbonyl (C=O) groups is 2. The number of rotatable bonds is 3. The Labute approximate surface area is 135 Å². The van der Waals surface area contributed by atoms with Gasteiger partial charge in [0.1, 0.15) is 5.75 Å². The predicted octanol–water partition coefficient (Wildman–Crippen LogP) is 3.15. The van der Waals surface area contributed by atoms with Crippen molar-refractivity contribution < 1.29 is 14.7 Å². The van der Waals surface area contributed by atoms with Gasteiger partial charge in [-0.15, -0.1) is 0 Å². The minimum Gasteiger partial charge on any atom is -0.508 e. The maximum absolute atomic E-state index is 12.1. The van der Waals surface area contributed by atoms with Crippen LogP contribution in [0.3, 0.4) is 0 Å². The van der Waals surface area contributed by atoms with E-state index in [2.05, 4.69) is 10.6 Å². The summed E-state index contributed by atoms with van der Waals surface area (Å²) in [5.41, 5.74) is 3.73. The summed E-state index contributed by atoms with van der Waals surface area (Å²) in [5.74, 6) is -1.36. The molecule has 0 unspecified atom stereocenters. The van der Waals surface area contributed by atoms with Crippen LogP contribution in [-0.4, -0.2) is 16.9 Å². The van der Waals surface area contributed by atoms with Crippen molar-refractivity contribution in [3.8, 4) is 5.75 Å². The van der Waals surface area contributed by atoms with E-state index in [4.69, 9.17) is 0 Å². The van der Waals surface area contributed by atoms with Crippen LogP contribution in [0.1, 0.15) is 23.6 Å². The van der Waals surface area contributed by atoms with Crippen LogP contribution < -0.4 is 10.6 Å². The summed E-state index contributed by atoms with van der Waals surface area (Å²) in [4.78, 5) is 24.2. The van der Waals surface area contributed by atoms with Crippen LogP contribution >= 0.6 is 0 Å². The van der Waals surface area contributed by atoms with Gasteiger partial charge in [0, 0.05) is 11.4 Å². The van der Waals surface area contributed by atoms with Crippen LogP contribution in [0.25, 0.3) is 0 Å². The predicted molar refractivity (Wildman–Crippen MR) is 90.7 cm³/mol. The standard InChI is InChI=1S/C18H20N2O3/c1-4-13-7-5-6-11(2)16(13)20-18(23)17(22)19-15-9-8-14(21)10-12(15)3/h5-10,21H,4H2,1-3H3,(H,19,22)(H,20,23). The molecule has 0 fully saturated rings. The third-order valence-corrected chi connectivity index (χ3v) is 3.64. The maximum atomic E-state index is 12.1. The van der Waals surface area contributed by atoms with Gasteiger partial charge in [-0.1, -0.05) is 25.1 Å². The summed E-state index contributed by atoms with van der Waals surface area (Å²) in [6, 6.07) is 10.3. The normalized spacial score (nSPS) is 10.2. The van der Waals surface area contributed by atoms with E-state index < -0.39 is 11.8 Å². The highest BCUT2D eigenvalue weighted by molar-refractivity contribution is 6.43. The highest BCUT2D eigenvalue weighted by Gasteiger charge is 2.17. The van der Waals surface area contributed by atoms with Gasteiger partial charge in [-0.05, 0) is 55.2 Å². The summed E-state index contributed by atoms with van der Waals surface area (Å²) in [5, 5.41) is 14.6. The number of phenols is 1. The Hall–Kier alpha value is -2.82. The van der Waals surface area contributed by atoms with Gasteiger partial charge in [-0.3, -0.25) is 9.59 Å². The van der Waals surface area contributed by atoms with Gasteiger partial charge in [0.05, 0.1) is 0 Å². The molecular weight excluding hydrogens is 292 g/mol. The third-order valence-electron chi connectivity index (χ3n) is 3.64. The first kappa shape index (κ1) is 16.5. The lowest BCUT2D eigenvalue weighted by atomic mass is 10.1. The Bertz CT molecular complexity index is 754. The number of aryl methyl sites for hydroxylation is 3. The number of anilines is 2. The highest BCUT2D eigenvalue weighted by atomic mass is 16.3. The zero-order valence-corrected chi connectivity index (χ0v) is 13.4. The zero-order chi connectivity index (χ0) is 17.0. The fraction of sp³-hybridized carbons (Fsp3) is 0.222. The molecule has 2 aromatic carbocycles. The monoisotopic (exact) mass is 312 g/mol. The molecule has 3 N–H and O–H groups in total. The smallest absolute Gasteiger partial charge is 0.314 e. The number of nitrogens with one attached hydrogen (secondary N) is 2. The summed E-state index contributed by atoms with van der Waals surface area (Å²) in [7, 11) is 0. The maximum Gasteiger partial charge on any atom is 0.314 e. The van der Waals surface area contributed by atoms with Crippen molar-refractivity contribution >= 4 is 23.2 Å². The summed E-state index contributed by atoms with van der Waals surface area (Å²) in [6.07, 6.45) is 0.760.